The Kier molecular flexibility index (Phi) is 5.08. The third-order valence-electron chi connectivity index (χ3n) is 7.57. The molecule has 2 fully saturated rings. The molecule has 0 bridgehead atoms. The zero-order valence-corrected chi connectivity index (χ0v) is 19.2. The van der Waals surface area contributed by atoms with Gasteiger partial charge in [0.25, 0.3) is 8.32 Å². The molecule has 2 aliphatic carbocycles. The van der Waals surface area contributed by atoms with Gasteiger partial charge in [-0.1, -0.05) is 95.3 Å². The predicted molar refractivity (Wildman–Crippen MR) is 122 cm³/mol. The van der Waals surface area contributed by atoms with E-state index in [0.29, 0.717) is 11.5 Å². The van der Waals surface area contributed by atoms with E-state index in [1.807, 2.05) is 0 Å². The Labute approximate surface area is 172 Å². The van der Waals surface area contributed by atoms with Crippen LogP contribution < -0.4 is 10.4 Å². The van der Waals surface area contributed by atoms with Gasteiger partial charge in [-0.2, -0.15) is 0 Å². The van der Waals surface area contributed by atoms with E-state index >= 15 is 0 Å². The van der Waals surface area contributed by atoms with Crippen LogP contribution in [0.5, 0.6) is 0 Å². The molecule has 2 aromatic rings. The summed E-state index contributed by atoms with van der Waals surface area (Å²) in [5.41, 5.74) is 0.480. The van der Waals surface area contributed by atoms with Crippen molar-refractivity contribution in [1.82, 2.24) is 0 Å². The summed E-state index contributed by atoms with van der Waals surface area (Å²) >= 11 is 0. The minimum atomic E-state index is -2.41. The van der Waals surface area contributed by atoms with Crippen LogP contribution in [0.2, 0.25) is 5.04 Å². The van der Waals surface area contributed by atoms with Gasteiger partial charge in [0.1, 0.15) is 0 Å². The standard InChI is InChI=1S/C26H36OSi/c1-25(2,3)28(22-12-8-6-9-13-22,23-14-10-7-11-15-23)27-21-18-20-16-17-26(4,5)24(20)19-21/h6-15,20-21,24H,16-19H2,1-5H3. The van der Waals surface area contributed by atoms with Crippen LogP contribution in [-0.4, -0.2) is 14.4 Å². The number of fused-ring (bicyclic) bond motifs is 1. The summed E-state index contributed by atoms with van der Waals surface area (Å²) < 4.78 is 7.40. The lowest BCUT2D eigenvalue weighted by atomic mass is 9.80. The van der Waals surface area contributed by atoms with Crippen LogP contribution in [0.1, 0.15) is 60.3 Å². The summed E-state index contributed by atoms with van der Waals surface area (Å²) in [6, 6.07) is 22.2. The minimum absolute atomic E-state index is 0.0723. The number of hydrogen-bond donors (Lipinski definition) is 0. The van der Waals surface area contributed by atoms with E-state index in [2.05, 4.69) is 95.3 Å². The summed E-state index contributed by atoms with van der Waals surface area (Å²) in [6.45, 7) is 12.1. The maximum absolute atomic E-state index is 7.40. The van der Waals surface area contributed by atoms with Crippen molar-refractivity contribution in [3.8, 4) is 0 Å². The van der Waals surface area contributed by atoms with Crippen molar-refractivity contribution in [3.05, 3.63) is 60.7 Å². The molecule has 3 unspecified atom stereocenters. The van der Waals surface area contributed by atoms with Gasteiger partial charge in [-0.15, -0.1) is 0 Å². The first-order valence-corrected chi connectivity index (χ1v) is 12.9. The molecule has 0 spiro atoms. The average Bonchev–Trinajstić information content (AvgIpc) is 3.20. The lowest BCUT2D eigenvalue weighted by molar-refractivity contribution is 0.164. The third-order valence-corrected chi connectivity index (χ3v) is 12.7. The van der Waals surface area contributed by atoms with Gasteiger partial charge in [0.15, 0.2) is 0 Å². The van der Waals surface area contributed by atoms with Crippen LogP contribution in [0.25, 0.3) is 0 Å². The van der Waals surface area contributed by atoms with Crippen LogP contribution in [0.15, 0.2) is 60.7 Å². The van der Waals surface area contributed by atoms with Crippen molar-refractivity contribution < 1.29 is 4.43 Å². The molecule has 0 N–H and O–H groups in total. The number of hydrogen-bond acceptors (Lipinski definition) is 1. The Balaban J connectivity index is 1.76. The highest BCUT2D eigenvalue weighted by Crippen LogP contribution is 2.55. The molecule has 0 aliphatic heterocycles. The molecule has 3 atom stereocenters. The molecule has 2 heteroatoms. The Morgan fingerprint density at radius 3 is 1.86 bits per heavy atom. The highest BCUT2D eigenvalue weighted by Gasteiger charge is 2.54. The topological polar surface area (TPSA) is 9.23 Å². The van der Waals surface area contributed by atoms with Gasteiger partial charge in [-0.05, 0) is 58.3 Å². The fraction of sp³-hybridized carbons (Fsp3) is 0.538. The van der Waals surface area contributed by atoms with E-state index < -0.39 is 8.32 Å². The van der Waals surface area contributed by atoms with Gasteiger partial charge in [-0.3, -0.25) is 0 Å². The van der Waals surface area contributed by atoms with Gasteiger partial charge in [0, 0.05) is 6.10 Å². The van der Waals surface area contributed by atoms with Gasteiger partial charge in [-0.25, -0.2) is 0 Å². The van der Waals surface area contributed by atoms with E-state index in [1.54, 1.807) is 0 Å². The Morgan fingerprint density at radius 2 is 1.39 bits per heavy atom. The molecular weight excluding hydrogens is 356 g/mol. The first-order valence-electron chi connectivity index (χ1n) is 11.0. The van der Waals surface area contributed by atoms with Crippen molar-refractivity contribution in [2.24, 2.45) is 17.3 Å². The second-order valence-corrected chi connectivity index (χ2v) is 15.0. The third kappa shape index (κ3) is 3.29. The monoisotopic (exact) mass is 392 g/mol. The fourth-order valence-electron chi connectivity index (χ4n) is 6.13. The summed E-state index contributed by atoms with van der Waals surface area (Å²) in [6.07, 6.45) is 5.65. The molecule has 0 amide bonds. The van der Waals surface area contributed by atoms with Gasteiger partial charge in [0.2, 0.25) is 0 Å². The molecule has 2 aromatic carbocycles. The van der Waals surface area contributed by atoms with Gasteiger partial charge < -0.3 is 4.43 Å². The maximum atomic E-state index is 7.40. The van der Waals surface area contributed by atoms with Crippen LogP contribution in [0, 0.1) is 17.3 Å². The summed E-state index contributed by atoms with van der Waals surface area (Å²) in [4.78, 5) is 0. The van der Waals surface area contributed by atoms with Crippen LogP contribution >= 0.6 is 0 Å². The highest BCUT2D eigenvalue weighted by atomic mass is 28.4. The van der Waals surface area contributed by atoms with Crippen molar-refractivity contribution in [2.75, 3.05) is 0 Å². The Morgan fingerprint density at radius 1 is 0.857 bits per heavy atom. The summed E-state index contributed by atoms with van der Waals surface area (Å²) in [5.74, 6) is 1.69. The van der Waals surface area contributed by atoms with Gasteiger partial charge >= 0.3 is 0 Å². The van der Waals surface area contributed by atoms with E-state index in [4.69, 9.17) is 4.43 Å². The lowest BCUT2D eigenvalue weighted by Gasteiger charge is -2.45. The largest absolute Gasteiger partial charge is 0.404 e. The molecule has 4 rings (SSSR count). The van der Waals surface area contributed by atoms with E-state index in [-0.39, 0.29) is 5.04 Å². The Bertz CT molecular complexity index is 751. The molecule has 150 valence electrons. The van der Waals surface area contributed by atoms with E-state index in [9.17, 15) is 0 Å². The summed E-state index contributed by atoms with van der Waals surface area (Å²) in [5, 5.41) is 2.89. The summed E-state index contributed by atoms with van der Waals surface area (Å²) in [7, 11) is -2.41. The average molecular weight is 393 g/mol. The SMILES string of the molecule is CC1(C)CCC2CC(O[Si](c3ccccc3)(c3ccccc3)C(C)(C)C)CC21. The molecule has 1 nitrogen and oxygen atoms in total. The van der Waals surface area contributed by atoms with E-state index in [0.717, 1.165) is 11.8 Å². The molecule has 0 saturated heterocycles. The second-order valence-electron chi connectivity index (χ2n) is 10.8. The Hall–Kier alpha value is -1.38. The van der Waals surface area contributed by atoms with Crippen molar-refractivity contribution in [3.63, 3.8) is 0 Å². The smallest absolute Gasteiger partial charge is 0.261 e. The number of rotatable bonds is 4. The van der Waals surface area contributed by atoms with Crippen molar-refractivity contribution >= 4 is 18.7 Å². The highest BCUT2D eigenvalue weighted by molar-refractivity contribution is 6.99. The molecule has 2 aliphatic rings. The van der Waals surface area contributed by atoms with Crippen LogP contribution in [-0.2, 0) is 4.43 Å². The first-order chi connectivity index (χ1) is 13.2. The van der Waals surface area contributed by atoms with E-state index in [1.165, 1.54) is 36.1 Å². The van der Waals surface area contributed by atoms with Crippen molar-refractivity contribution in [2.45, 2.75) is 71.4 Å². The fourth-order valence-corrected chi connectivity index (χ4v) is 10.8. The van der Waals surface area contributed by atoms with Gasteiger partial charge in [0.05, 0.1) is 0 Å². The minimum Gasteiger partial charge on any atom is -0.404 e. The predicted octanol–water partition coefficient (Wildman–Crippen LogP) is 5.78. The van der Waals surface area contributed by atoms with Crippen LogP contribution in [0.3, 0.4) is 0 Å². The quantitative estimate of drug-likeness (QED) is 0.600. The molecule has 0 heterocycles. The van der Waals surface area contributed by atoms with Crippen molar-refractivity contribution in [1.29, 1.82) is 0 Å². The molecule has 2 saturated carbocycles. The normalized spacial score (nSPS) is 27.0. The molecular formula is C26H36OSi. The van der Waals surface area contributed by atoms with Crippen LogP contribution in [0.4, 0.5) is 0 Å². The number of benzene rings is 2. The zero-order chi connectivity index (χ0) is 20.0. The lowest BCUT2D eigenvalue weighted by Crippen LogP contribution is -2.67. The molecule has 28 heavy (non-hydrogen) atoms. The first kappa shape index (κ1) is 19.9. The second kappa shape index (κ2) is 7.14. The zero-order valence-electron chi connectivity index (χ0n) is 18.2. The molecule has 0 radical (unpaired) electrons. The molecule has 0 aromatic heterocycles. The maximum Gasteiger partial charge on any atom is 0.261 e.